The first-order valence-corrected chi connectivity index (χ1v) is 2.05. The summed E-state index contributed by atoms with van der Waals surface area (Å²) in [7, 11) is 0. The lowest BCUT2D eigenvalue weighted by Crippen LogP contribution is -2.31. The fraction of sp³-hybridized carbons (Fsp3) is 0.750. The Morgan fingerprint density at radius 3 is 2.43 bits per heavy atom. The van der Waals surface area contributed by atoms with E-state index in [4.69, 9.17) is 10.8 Å². The van der Waals surface area contributed by atoms with Crippen LogP contribution in [0, 0.1) is 0 Å². The largest absolute Gasteiger partial charge is 0.394 e. The first-order valence-electron chi connectivity index (χ1n) is 2.05. The van der Waals surface area contributed by atoms with Crippen molar-refractivity contribution in [3.05, 3.63) is 0 Å². The molecule has 0 radical (unpaired) electrons. The second-order valence-corrected chi connectivity index (χ2v) is 1.40. The summed E-state index contributed by atoms with van der Waals surface area (Å²) < 4.78 is 0. The van der Waals surface area contributed by atoms with Crippen LogP contribution in [0.4, 0.5) is 0 Å². The number of Topliss-reactive ketones (excluding diaryl/α,β-unsaturated/α-hetero) is 1. The Balaban J connectivity index is 3.34. The summed E-state index contributed by atoms with van der Waals surface area (Å²) >= 11 is 0. The zero-order valence-electron chi connectivity index (χ0n) is 4.22. The van der Waals surface area contributed by atoms with E-state index in [0.717, 1.165) is 0 Å². The molecule has 0 amide bonds. The van der Waals surface area contributed by atoms with E-state index in [2.05, 4.69) is 0 Å². The van der Waals surface area contributed by atoms with E-state index in [-0.39, 0.29) is 12.4 Å². The molecular weight excluding hydrogens is 94.0 g/mol. The highest BCUT2D eigenvalue weighted by Crippen LogP contribution is 1.74. The van der Waals surface area contributed by atoms with Gasteiger partial charge in [0.05, 0.1) is 12.6 Å². The first kappa shape index (κ1) is 6.59. The lowest BCUT2D eigenvalue weighted by atomic mass is 10.2. The van der Waals surface area contributed by atoms with Gasteiger partial charge in [-0.2, -0.15) is 0 Å². The van der Waals surface area contributed by atoms with Crippen molar-refractivity contribution in [3.63, 3.8) is 0 Å². The zero-order valence-corrected chi connectivity index (χ0v) is 4.22. The summed E-state index contributed by atoms with van der Waals surface area (Å²) in [4.78, 5) is 10.1. The van der Waals surface area contributed by atoms with Crippen LogP contribution in [-0.2, 0) is 4.79 Å². The van der Waals surface area contributed by atoms with Gasteiger partial charge in [0, 0.05) is 0 Å². The van der Waals surface area contributed by atoms with Crippen LogP contribution in [0.3, 0.4) is 0 Å². The number of hydrogen-bond acceptors (Lipinski definition) is 3. The maximum absolute atomic E-state index is 10.1. The van der Waals surface area contributed by atoms with Gasteiger partial charge in [-0.25, -0.2) is 0 Å². The third-order valence-electron chi connectivity index (χ3n) is 0.719. The smallest absolute Gasteiger partial charge is 0.148 e. The van der Waals surface area contributed by atoms with Crippen LogP contribution in [0.5, 0.6) is 0 Å². The molecule has 0 heterocycles. The molecule has 42 valence electrons. The molecule has 0 aliphatic carbocycles. The number of hydrogen-bond donors (Lipinski definition) is 2. The van der Waals surface area contributed by atoms with Gasteiger partial charge in [-0.05, 0) is 6.92 Å². The van der Waals surface area contributed by atoms with Crippen LogP contribution in [0.15, 0.2) is 0 Å². The van der Waals surface area contributed by atoms with Crippen molar-refractivity contribution < 1.29 is 9.90 Å². The molecule has 0 aromatic carbocycles. The summed E-state index contributed by atoms with van der Waals surface area (Å²) in [6.07, 6.45) is 0. The summed E-state index contributed by atoms with van der Waals surface area (Å²) in [5.74, 6) is -0.178. The highest BCUT2D eigenvalue weighted by molar-refractivity contribution is 5.81. The van der Waals surface area contributed by atoms with Crippen molar-refractivity contribution in [2.75, 3.05) is 6.61 Å². The highest BCUT2D eigenvalue weighted by Gasteiger charge is 2.02. The Bertz CT molecular complexity index is 72.1. The maximum atomic E-state index is 10.1. The molecule has 0 spiro atoms. The molecule has 3 N–H and O–H groups in total. The van der Waals surface area contributed by atoms with Gasteiger partial charge in [0.25, 0.3) is 0 Å². The van der Waals surface area contributed by atoms with E-state index >= 15 is 0 Å². The SMILES string of the molecule is CC(=O)[C@@H](N)CO. The van der Waals surface area contributed by atoms with Gasteiger partial charge in [0.15, 0.2) is 0 Å². The number of carbonyl (C=O) groups is 1. The van der Waals surface area contributed by atoms with Crippen LogP contribution in [0.25, 0.3) is 0 Å². The van der Waals surface area contributed by atoms with Gasteiger partial charge in [-0.3, -0.25) is 4.79 Å². The average molecular weight is 103 g/mol. The normalized spacial score (nSPS) is 13.6. The molecule has 0 unspecified atom stereocenters. The summed E-state index contributed by atoms with van der Waals surface area (Å²) in [6, 6.07) is -0.681. The van der Waals surface area contributed by atoms with E-state index in [1.165, 1.54) is 6.92 Å². The molecule has 0 bridgehead atoms. The second-order valence-electron chi connectivity index (χ2n) is 1.40. The monoisotopic (exact) mass is 103 g/mol. The average Bonchev–Trinajstić information content (AvgIpc) is 1.65. The van der Waals surface area contributed by atoms with Gasteiger partial charge in [-0.15, -0.1) is 0 Å². The molecule has 0 aliphatic rings. The molecule has 0 aliphatic heterocycles. The Labute approximate surface area is 42.1 Å². The molecule has 0 aromatic heterocycles. The molecule has 0 saturated carbocycles. The topological polar surface area (TPSA) is 63.3 Å². The number of carbonyl (C=O) groups excluding carboxylic acids is 1. The predicted octanol–water partition coefficient (Wildman–Crippen LogP) is -1.10. The van der Waals surface area contributed by atoms with Gasteiger partial charge < -0.3 is 10.8 Å². The van der Waals surface area contributed by atoms with E-state index in [1.54, 1.807) is 0 Å². The van der Waals surface area contributed by atoms with E-state index in [0.29, 0.717) is 0 Å². The molecule has 7 heavy (non-hydrogen) atoms. The number of ketones is 1. The molecule has 0 saturated heterocycles. The van der Waals surface area contributed by atoms with Crippen molar-refractivity contribution in [3.8, 4) is 0 Å². The van der Waals surface area contributed by atoms with Gasteiger partial charge in [0.2, 0.25) is 0 Å². The lowest BCUT2D eigenvalue weighted by Gasteiger charge is -1.98. The molecule has 3 heteroatoms. The van der Waals surface area contributed by atoms with E-state index in [9.17, 15) is 4.79 Å². The van der Waals surface area contributed by atoms with Gasteiger partial charge >= 0.3 is 0 Å². The Morgan fingerprint density at radius 1 is 2.00 bits per heavy atom. The number of rotatable bonds is 2. The Morgan fingerprint density at radius 2 is 2.43 bits per heavy atom. The summed E-state index contributed by atoms with van der Waals surface area (Å²) in [6.45, 7) is 1.09. The van der Waals surface area contributed by atoms with Crippen LogP contribution in [-0.4, -0.2) is 23.5 Å². The highest BCUT2D eigenvalue weighted by atomic mass is 16.3. The predicted molar refractivity (Wildman–Crippen MR) is 25.7 cm³/mol. The molecule has 0 fully saturated rings. The van der Waals surface area contributed by atoms with Crippen molar-refractivity contribution in [2.45, 2.75) is 13.0 Å². The summed E-state index contributed by atoms with van der Waals surface area (Å²) in [5, 5.41) is 8.16. The van der Waals surface area contributed by atoms with Gasteiger partial charge in [0.1, 0.15) is 5.78 Å². The number of nitrogens with two attached hydrogens (primary N) is 1. The fourth-order valence-electron chi connectivity index (χ4n) is 0.129. The molecule has 0 aromatic rings. The van der Waals surface area contributed by atoms with E-state index < -0.39 is 6.04 Å². The summed E-state index contributed by atoms with van der Waals surface area (Å²) in [5.41, 5.74) is 5.02. The first-order chi connectivity index (χ1) is 3.18. The maximum Gasteiger partial charge on any atom is 0.148 e. The molecule has 3 nitrogen and oxygen atoms in total. The van der Waals surface area contributed by atoms with E-state index in [1.807, 2.05) is 0 Å². The Hall–Kier alpha value is -0.410. The second kappa shape index (κ2) is 2.71. The minimum Gasteiger partial charge on any atom is -0.394 e. The minimum atomic E-state index is -0.681. The third-order valence-corrected chi connectivity index (χ3v) is 0.719. The lowest BCUT2D eigenvalue weighted by molar-refractivity contribution is -0.118. The van der Waals surface area contributed by atoms with Crippen molar-refractivity contribution in [1.29, 1.82) is 0 Å². The van der Waals surface area contributed by atoms with Crippen molar-refractivity contribution in [2.24, 2.45) is 5.73 Å². The van der Waals surface area contributed by atoms with Crippen LogP contribution in [0.1, 0.15) is 6.92 Å². The molecular formula is C4H9NO2. The van der Waals surface area contributed by atoms with Crippen LogP contribution >= 0.6 is 0 Å². The number of aliphatic hydroxyl groups excluding tert-OH is 1. The standard InChI is InChI=1S/C4H9NO2/c1-3(7)4(5)2-6/h4,6H,2,5H2,1H3/t4-/m0/s1. The van der Waals surface area contributed by atoms with Crippen LogP contribution in [0.2, 0.25) is 0 Å². The quantitative estimate of drug-likeness (QED) is 0.466. The van der Waals surface area contributed by atoms with Crippen molar-refractivity contribution in [1.82, 2.24) is 0 Å². The van der Waals surface area contributed by atoms with Gasteiger partial charge in [-0.1, -0.05) is 0 Å². The van der Waals surface area contributed by atoms with Crippen molar-refractivity contribution >= 4 is 5.78 Å². The minimum absolute atomic E-state index is 0.178. The Kier molecular flexibility index (Phi) is 2.55. The fourth-order valence-corrected chi connectivity index (χ4v) is 0.129. The third kappa shape index (κ3) is 2.31. The van der Waals surface area contributed by atoms with Crippen LogP contribution < -0.4 is 5.73 Å². The number of aliphatic hydroxyl groups is 1. The zero-order chi connectivity index (χ0) is 5.86. The molecule has 1 atom stereocenters. The molecule has 0 rings (SSSR count).